The van der Waals surface area contributed by atoms with Gasteiger partial charge in [0, 0.05) is 6.92 Å². The topological polar surface area (TPSA) is 156 Å². The number of hydrogen-bond acceptors (Lipinski definition) is 10. The molecule has 0 radical (unpaired) electrons. The van der Waals surface area contributed by atoms with E-state index in [9.17, 15) is 19.2 Å². The zero-order valence-electron chi connectivity index (χ0n) is 16.8. The van der Waals surface area contributed by atoms with Crippen molar-refractivity contribution in [2.24, 2.45) is 0 Å². The lowest BCUT2D eigenvalue weighted by Gasteiger charge is -2.19. The third-order valence-electron chi connectivity index (χ3n) is 4.76. The van der Waals surface area contributed by atoms with Gasteiger partial charge in [0.05, 0.1) is 5.56 Å². The van der Waals surface area contributed by atoms with Gasteiger partial charge in [-0.05, 0) is 17.7 Å². The van der Waals surface area contributed by atoms with Gasteiger partial charge in [0.1, 0.15) is 17.4 Å². The molecule has 32 heavy (non-hydrogen) atoms. The summed E-state index contributed by atoms with van der Waals surface area (Å²) in [6.07, 6.45) is -3.13. The van der Waals surface area contributed by atoms with Gasteiger partial charge in [0.25, 0.3) is 5.56 Å². The summed E-state index contributed by atoms with van der Waals surface area (Å²) in [5.74, 6) is -1.40. The molecule has 3 aromatic rings. The van der Waals surface area contributed by atoms with Crippen molar-refractivity contribution in [3.05, 3.63) is 68.1 Å². The van der Waals surface area contributed by atoms with Crippen LogP contribution in [0.1, 0.15) is 23.5 Å². The number of benzene rings is 1. The summed E-state index contributed by atoms with van der Waals surface area (Å²) in [7, 11) is 0. The number of nitrogens with zero attached hydrogens (tertiary/aromatic N) is 2. The van der Waals surface area contributed by atoms with Crippen LogP contribution in [0.5, 0.6) is 0 Å². The first-order valence-electron chi connectivity index (χ1n) is 9.40. The number of anilines is 1. The van der Waals surface area contributed by atoms with E-state index < -0.39 is 40.8 Å². The smallest absolute Gasteiger partial charge is 0.338 e. The van der Waals surface area contributed by atoms with Crippen molar-refractivity contribution in [2.75, 3.05) is 12.3 Å². The Bertz CT molecular complexity index is 1330. The Kier molecular flexibility index (Phi) is 5.63. The lowest BCUT2D eigenvalue weighted by molar-refractivity contribution is -0.151. The molecule has 1 fully saturated rings. The molecule has 1 aliphatic rings. The van der Waals surface area contributed by atoms with Crippen LogP contribution < -0.4 is 16.2 Å². The Morgan fingerprint density at radius 3 is 2.72 bits per heavy atom. The molecule has 11 nitrogen and oxygen atoms in total. The number of H-pyrrole nitrogens is 1. The fourth-order valence-electron chi connectivity index (χ4n) is 3.33. The monoisotopic (exact) mass is 458 g/mol. The molecule has 12 heteroatoms. The van der Waals surface area contributed by atoms with Crippen LogP contribution >= 0.6 is 11.3 Å². The second-order valence-corrected chi connectivity index (χ2v) is 7.89. The van der Waals surface area contributed by atoms with Crippen molar-refractivity contribution in [3.8, 4) is 0 Å². The number of aromatic nitrogens is 3. The summed E-state index contributed by atoms with van der Waals surface area (Å²) >= 11 is 0.650. The zero-order chi connectivity index (χ0) is 23.0. The predicted molar refractivity (Wildman–Crippen MR) is 114 cm³/mol. The number of nitrogen functional groups attached to an aromatic ring is 1. The average molecular weight is 458 g/mol. The number of carbonyl (C=O) groups excluding carboxylic acids is 2. The highest BCUT2D eigenvalue weighted by molar-refractivity contribution is 7.16. The van der Waals surface area contributed by atoms with Gasteiger partial charge >= 0.3 is 16.8 Å². The van der Waals surface area contributed by atoms with Gasteiger partial charge < -0.3 is 19.9 Å². The minimum Gasteiger partial charge on any atom is -0.459 e. The molecule has 3 N–H and O–H groups in total. The third-order valence-corrected chi connectivity index (χ3v) is 5.70. The van der Waals surface area contributed by atoms with Gasteiger partial charge in [0.2, 0.25) is 5.95 Å². The first-order valence-corrected chi connectivity index (χ1v) is 10.2. The first kappa shape index (κ1) is 21.5. The van der Waals surface area contributed by atoms with Gasteiger partial charge in [-0.1, -0.05) is 36.1 Å². The van der Waals surface area contributed by atoms with E-state index >= 15 is 0 Å². The first-order chi connectivity index (χ1) is 15.3. The summed E-state index contributed by atoms with van der Waals surface area (Å²) in [5, 5.41) is 0. The number of fused-ring (bicyclic) bond motifs is 1. The van der Waals surface area contributed by atoms with Crippen LogP contribution in [0, 0.1) is 0 Å². The van der Waals surface area contributed by atoms with Crippen molar-refractivity contribution in [1.82, 2.24) is 14.5 Å². The Morgan fingerprint density at radius 1 is 1.31 bits per heavy atom. The lowest BCUT2D eigenvalue weighted by Crippen LogP contribution is -2.30. The second-order valence-electron chi connectivity index (χ2n) is 6.93. The minimum absolute atomic E-state index is 0.0156. The number of thiazole rings is 1. The number of nitrogens with two attached hydrogens (primary N) is 1. The maximum absolute atomic E-state index is 12.7. The summed E-state index contributed by atoms with van der Waals surface area (Å²) in [6, 6.07) is 8.36. The Balaban J connectivity index is 1.65. The summed E-state index contributed by atoms with van der Waals surface area (Å²) in [5.41, 5.74) is 5.67. The molecule has 1 saturated heterocycles. The van der Waals surface area contributed by atoms with Gasteiger partial charge in [-0.3, -0.25) is 23.9 Å². The Labute approximate surface area is 184 Å². The van der Waals surface area contributed by atoms with E-state index in [2.05, 4.69) is 16.5 Å². The molecule has 166 valence electrons. The predicted octanol–water partition coefficient (Wildman–Crippen LogP) is 0.971. The van der Waals surface area contributed by atoms with Crippen molar-refractivity contribution < 1.29 is 23.8 Å². The van der Waals surface area contributed by atoms with Crippen LogP contribution in [0.15, 0.2) is 52.1 Å². The number of ether oxygens (including phenoxy) is 3. The van der Waals surface area contributed by atoms with Crippen LogP contribution in [-0.4, -0.2) is 45.3 Å². The molecule has 1 aromatic carbocycles. The Morgan fingerprint density at radius 2 is 2.03 bits per heavy atom. The molecule has 3 heterocycles. The van der Waals surface area contributed by atoms with E-state index in [4.69, 9.17) is 19.9 Å². The average Bonchev–Trinajstić information content (AvgIpc) is 3.23. The number of carbonyl (C=O) groups is 2. The summed E-state index contributed by atoms with van der Waals surface area (Å²) < 4.78 is 17.7. The molecule has 4 rings (SSSR count). The van der Waals surface area contributed by atoms with Gasteiger partial charge in [-0.15, -0.1) is 0 Å². The summed E-state index contributed by atoms with van der Waals surface area (Å²) in [4.78, 5) is 54.6. The van der Waals surface area contributed by atoms with Gasteiger partial charge in [-0.2, -0.15) is 4.98 Å². The molecule has 3 atom stereocenters. The van der Waals surface area contributed by atoms with E-state index in [1.807, 2.05) is 0 Å². The fourth-order valence-corrected chi connectivity index (χ4v) is 4.17. The number of nitrogens with one attached hydrogen (secondary N) is 1. The SMILES string of the molecule is C=C1[C@@H](OC(C)=O)[C@H](n2c(=O)sc3c(=O)[nH]c(N)nc32)O[C@@H]1COC(=O)c1ccccc1. The molecule has 2 aromatic heterocycles. The fraction of sp³-hybridized carbons (Fsp3) is 0.250. The quantitative estimate of drug-likeness (QED) is 0.420. The number of esters is 2. The number of rotatable bonds is 5. The molecule has 0 spiro atoms. The van der Waals surface area contributed by atoms with Crippen molar-refractivity contribution >= 4 is 39.6 Å². The largest absolute Gasteiger partial charge is 0.459 e. The summed E-state index contributed by atoms with van der Waals surface area (Å²) in [6.45, 7) is 4.88. The third kappa shape index (κ3) is 3.92. The van der Waals surface area contributed by atoms with Crippen LogP contribution in [0.3, 0.4) is 0 Å². The van der Waals surface area contributed by atoms with E-state index in [-0.39, 0.29) is 28.5 Å². The van der Waals surface area contributed by atoms with Crippen molar-refractivity contribution in [3.63, 3.8) is 0 Å². The molecule has 0 aliphatic carbocycles. The van der Waals surface area contributed by atoms with Crippen LogP contribution in [0.25, 0.3) is 10.3 Å². The molecule has 0 saturated carbocycles. The normalized spacial score (nSPS) is 20.4. The maximum Gasteiger partial charge on any atom is 0.338 e. The van der Waals surface area contributed by atoms with Crippen LogP contribution in [0.4, 0.5) is 5.95 Å². The molecule has 0 amide bonds. The van der Waals surface area contributed by atoms with E-state index in [0.29, 0.717) is 16.9 Å². The van der Waals surface area contributed by atoms with Crippen molar-refractivity contribution in [1.29, 1.82) is 0 Å². The number of hydrogen-bond donors (Lipinski definition) is 2. The van der Waals surface area contributed by atoms with Crippen LogP contribution in [-0.2, 0) is 19.0 Å². The van der Waals surface area contributed by atoms with E-state index in [1.54, 1.807) is 30.3 Å². The molecular formula is C20H18N4O7S. The van der Waals surface area contributed by atoms with E-state index in [1.165, 1.54) is 6.92 Å². The van der Waals surface area contributed by atoms with Gasteiger partial charge in [-0.25, -0.2) is 4.79 Å². The van der Waals surface area contributed by atoms with Crippen molar-refractivity contribution in [2.45, 2.75) is 25.4 Å². The van der Waals surface area contributed by atoms with E-state index in [0.717, 1.165) is 4.57 Å². The van der Waals surface area contributed by atoms with Gasteiger partial charge in [0.15, 0.2) is 18.0 Å². The van der Waals surface area contributed by atoms with Crippen LogP contribution in [0.2, 0.25) is 0 Å². The maximum atomic E-state index is 12.7. The molecular weight excluding hydrogens is 440 g/mol. The lowest BCUT2D eigenvalue weighted by atomic mass is 10.1. The molecule has 0 unspecified atom stereocenters. The number of aromatic amines is 1. The molecule has 0 bridgehead atoms. The minimum atomic E-state index is -1.18. The highest BCUT2D eigenvalue weighted by Gasteiger charge is 2.44. The zero-order valence-corrected chi connectivity index (χ0v) is 17.6. The standard InChI is InChI=1S/C20H18N4O7S/c1-9-12(8-29-18(27)11-6-4-3-5-7-11)31-17(13(9)30-10(2)25)24-15-14(32-20(24)28)16(26)23-19(21)22-15/h3-7,12-13,17H,1,8H2,2H3,(H3,21,22,23,26)/t12-,13-,17-/m1/s1. The highest BCUT2D eigenvalue weighted by atomic mass is 32.1. The second kappa shape index (κ2) is 8.40. The highest BCUT2D eigenvalue weighted by Crippen LogP contribution is 2.36. The molecule has 1 aliphatic heterocycles. The Hall–Kier alpha value is -3.77.